The highest BCUT2D eigenvalue weighted by Gasteiger charge is 2.42. The van der Waals surface area contributed by atoms with E-state index in [4.69, 9.17) is 14.2 Å². The van der Waals surface area contributed by atoms with Crippen LogP contribution in [0.5, 0.6) is 0 Å². The molecule has 1 aliphatic rings. The topological polar surface area (TPSA) is 113 Å². The van der Waals surface area contributed by atoms with Gasteiger partial charge >= 0.3 is 5.97 Å². The molecule has 0 N–H and O–H groups in total. The molecule has 0 aliphatic carbocycles. The summed E-state index contributed by atoms with van der Waals surface area (Å²) in [4.78, 5) is 31.2. The third kappa shape index (κ3) is 4.64. The summed E-state index contributed by atoms with van der Waals surface area (Å²) >= 11 is 0. The molecule has 0 saturated heterocycles. The Balaban J connectivity index is 3.21. The lowest BCUT2D eigenvalue weighted by Crippen LogP contribution is -2.45. The maximum Gasteiger partial charge on any atom is 0.318 e. The summed E-state index contributed by atoms with van der Waals surface area (Å²) < 4.78 is 15.4. The molecule has 1 heterocycles. The second kappa shape index (κ2) is 8.44. The molecule has 0 aromatic heterocycles. The fraction of sp³-hybridized carbons (Fsp3) is 0.786. The summed E-state index contributed by atoms with van der Waals surface area (Å²) in [5, 5.41) is 10.9. The SMILES string of the molecule is CCOC(=O)[C@H](C[N+](=O)[O-])[C@H]1N=C(OC)[C@H](C(C)C)N=C1OC. The number of hydrogen-bond donors (Lipinski definition) is 0. The van der Waals surface area contributed by atoms with E-state index in [1.165, 1.54) is 14.2 Å². The van der Waals surface area contributed by atoms with E-state index in [-0.39, 0.29) is 24.5 Å². The standard InChI is InChI=1S/C14H23N3O6/c1-6-23-14(18)9(7-17(19)20)11-13(22-5)15-10(8(2)3)12(16-11)21-4/h8-11H,6-7H2,1-5H3/t9-,10+,11-/m1/s1. The van der Waals surface area contributed by atoms with E-state index in [0.29, 0.717) is 5.90 Å². The van der Waals surface area contributed by atoms with E-state index in [2.05, 4.69) is 9.98 Å². The molecule has 9 heteroatoms. The Hall–Kier alpha value is -2.19. The summed E-state index contributed by atoms with van der Waals surface area (Å²) in [6.07, 6.45) is 0. The molecule has 0 aromatic carbocycles. The van der Waals surface area contributed by atoms with Gasteiger partial charge in [-0.2, -0.15) is 0 Å². The van der Waals surface area contributed by atoms with Crippen molar-refractivity contribution in [1.29, 1.82) is 0 Å². The molecule has 0 amide bonds. The van der Waals surface area contributed by atoms with Gasteiger partial charge < -0.3 is 14.2 Å². The minimum absolute atomic E-state index is 0.0939. The summed E-state index contributed by atoms with van der Waals surface area (Å²) in [5.41, 5.74) is 0. The van der Waals surface area contributed by atoms with Crippen molar-refractivity contribution in [3.63, 3.8) is 0 Å². The minimum Gasteiger partial charge on any atom is -0.483 e. The highest BCUT2D eigenvalue weighted by Crippen LogP contribution is 2.23. The number of esters is 1. The number of carbonyl (C=O) groups excluding carboxylic acids is 1. The van der Waals surface area contributed by atoms with Crippen molar-refractivity contribution in [3.05, 3.63) is 10.1 Å². The van der Waals surface area contributed by atoms with Crippen molar-refractivity contribution < 1.29 is 23.9 Å². The number of aliphatic imine (C=N–C) groups is 2. The lowest BCUT2D eigenvalue weighted by molar-refractivity contribution is -0.486. The third-order valence-corrected chi connectivity index (χ3v) is 3.40. The predicted molar refractivity (Wildman–Crippen MR) is 83.3 cm³/mol. The first-order valence-corrected chi connectivity index (χ1v) is 7.37. The Morgan fingerprint density at radius 2 is 1.74 bits per heavy atom. The zero-order chi connectivity index (χ0) is 17.6. The number of methoxy groups -OCH3 is 2. The van der Waals surface area contributed by atoms with Crippen LogP contribution >= 0.6 is 0 Å². The molecule has 0 bridgehead atoms. The lowest BCUT2D eigenvalue weighted by Gasteiger charge is -2.29. The van der Waals surface area contributed by atoms with Crippen molar-refractivity contribution in [1.82, 2.24) is 0 Å². The fourth-order valence-electron chi connectivity index (χ4n) is 2.29. The van der Waals surface area contributed by atoms with Gasteiger partial charge in [0.2, 0.25) is 18.3 Å². The fourth-order valence-corrected chi connectivity index (χ4v) is 2.29. The number of nitro groups is 1. The molecule has 130 valence electrons. The first kappa shape index (κ1) is 18.9. The van der Waals surface area contributed by atoms with Gasteiger partial charge in [0.05, 0.1) is 20.8 Å². The Labute approximate surface area is 134 Å². The Bertz CT molecular complexity index is 503. The number of nitrogens with zero attached hydrogens (tertiary/aromatic N) is 3. The van der Waals surface area contributed by atoms with Crippen LogP contribution in [0.25, 0.3) is 0 Å². The van der Waals surface area contributed by atoms with Crippen LogP contribution in [0.3, 0.4) is 0 Å². The van der Waals surface area contributed by atoms with Crippen molar-refractivity contribution in [2.75, 3.05) is 27.4 Å². The van der Waals surface area contributed by atoms with Gasteiger partial charge in [0.15, 0.2) is 5.92 Å². The summed E-state index contributed by atoms with van der Waals surface area (Å²) in [7, 11) is 2.84. The van der Waals surface area contributed by atoms with Gasteiger partial charge in [0, 0.05) is 4.92 Å². The molecule has 0 spiro atoms. The lowest BCUT2D eigenvalue weighted by atomic mass is 9.96. The van der Waals surface area contributed by atoms with Gasteiger partial charge in [-0.1, -0.05) is 13.8 Å². The first-order valence-electron chi connectivity index (χ1n) is 7.37. The summed E-state index contributed by atoms with van der Waals surface area (Å²) in [6.45, 7) is 5.01. The van der Waals surface area contributed by atoms with Crippen LogP contribution in [0.2, 0.25) is 0 Å². The number of ether oxygens (including phenoxy) is 3. The zero-order valence-corrected chi connectivity index (χ0v) is 14.0. The highest BCUT2D eigenvalue weighted by atomic mass is 16.6. The molecule has 23 heavy (non-hydrogen) atoms. The summed E-state index contributed by atoms with van der Waals surface area (Å²) in [6, 6.07) is -1.29. The second-order valence-corrected chi connectivity index (χ2v) is 5.35. The van der Waals surface area contributed by atoms with Crippen LogP contribution < -0.4 is 0 Å². The van der Waals surface area contributed by atoms with Crippen molar-refractivity contribution in [3.8, 4) is 0 Å². The molecule has 0 radical (unpaired) electrons. The Morgan fingerprint density at radius 3 is 2.17 bits per heavy atom. The van der Waals surface area contributed by atoms with Crippen molar-refractivity contribution in [2.24, 2.45) is 21.8 Å². The van der Waals surface area contributed by atoms with Gasteiger partial charge in [-0.3, -0.25) is 14.9 Å². The van der Waals surface area contributed by atoms with Crippen molar-refractivity contribution >= 4 is 17.8 Å². The Kier molecular flexibility index (Phi) is 6.92. The van der Waals surface area contributed by atoms with Gasteiger partial charge in [-0.05, 0) is 12.8 Å². The average molecular weight is 329 g/mol. The molecular weight excluding hydrogens is 306 g/mol. The normalized spacial score (nSPS) is 22.0. The van der Waals surface area contributed by atoms with E-state index < -0.39 is 29.4 Å². The van der Waals surface area contributed by atoms with Crippen LogP contribution in [0.1, 0.15) is 20.8 Å². The summed E-state index contributed by atoms with van der Waals surface area (Å²) in [5.74, 6) is -1.24. The van der Waals surface area contributed by atoms with Crippen LogP contribution in [0.15, 0.2) is 9.98 Å². The van der Waals surface area contributed by atoms with E-state index in [1.807, 2.05) is 13.8 Å². The van der Waals surface area contributed by atoms with Crippen LogP contribution in [-0.2, 0) is 19.0 Å². The predicted octanol–water partition coefficient (Wildman–Crippen LogP) is 0.939. The quantitative estimate of drug-likeness (QED) is 0.407. The average Bonchev–Trinajstić information content (AvgIpc) is 2.51. The van der Waals surface area contributed by atoms with E-state index in [1.54, 1.807) is 6.92 Å². The molecule has 1 aliphatic heterocycles. The van der Waals surface area contributed by atoms with E-state index in [0.717, 1.165) is 0 Å². The molecule has 0 fully saturated rings. The zero-order valence-electron chi connectivity index (χ0n) is 14.0. The smallest absolute Gasteiger partial charge is 0.318 e. The molecule has 0 saturated carbocycles. The largest absolute Gasteiger partial charge is 0.483 e. The van der Waals surface area contributed by atoms with Gasteiger partial charge in [-0.15, -0.1) is 0 Å². The molecule has 3 atom stereocenters. The van der Waals surface area contributed by atoms with E-state index >= 15 is 0 Å². The highest BCUT2D eigenvalue weighted by molar-refractivity contribution is 5.96. The van der Waals surface area contributed by atoms with Gasteiger partial charge in [0.25, 0.3) is 0 Å². The molecule has 1 rings (SSSR count). The number of hydrogen-bond acceptors (Lipinski definition) is 8. The minimum atomic E-state index is -1.12. The maximum absolute atomic E-state index is 12.1. The van der Waals surface area contributed by atoms with Crippen LogP contribution in [-0.4, -0.2) is 62.1 Å². The monoisotopic (exact) mass is 329 g/mol. The van der Waals surface area contributed by atoms with Crippen LogP contribution in [0, 0.1) is 22.0 Å². The third-order valence-electron chi connectivity index (χ3n) is 3.40. The maximum atomic E-state index is 12.1. The number of carbonyl (C=O) groups is 1. The van der Waals surface area contributed by atoms with E-state index in [9.17, 15) is 14.9 Å². The molecule has 0 aromatic rings. The second-order valence-electron chi connectivity index (χ2n) is 5.35. The molecular formula is C14H23N3O6. The van der Waals surface area contributed by atoms with Gasteiger partial charge in [-0.25, -0.2) is 9.98 Å². The molecule has 0 unspecified atom stereocenters. The molecule has 9 nitrogen and oxygen atoms in total. The van der Waals surface area contributed by atoms with Crippen molar-refractivity contribution in [2.45, 2.75) is 32.9 Å². The van der Waals surface area contributed by atoms with Crippen LogP contribution in [0.4, 0.5) is 0 Å². The van der Waals surface area contributed by atoms with Gasteiger partial charge in [0.1, 0.15) is 12.1 Å². The first-order chi connectivity index (χ1) is 10.8. The Morgan fingerprint density at radius 1 is 1.22 bits per heavy atom. The number of rotatable bonds is 6.